The van der Waals surface area contributed by atoms with E-state index in [4.69, 9.17) is 16.3 Å². The van der Waals surface area contributed by atoms with Gasteiger partial charge in [0.25, 0.3) is 0 Å². The van der Waals surface area contributed by atoms with Crippen LogP contribution in [0.1, 0.15) is 38.4 Å². The Bertz CT molecular complexity index is 471. The minimum Gasteiger partial charge on any atom is -0.393 e. The summed E-state index contributed by atoms with van der Waals surface area (Å²) in [4.78, 5) is 11.1. The van der Waals surface area contributed by atoms with Crippen LogP contribution in [0.5, 0.6) is 0 Å². The first-order chi connectivity index (χ1) is 9.67. The summed E-state index contributed by atoms with van der Waals surface area (Å²) in [7, 11) is 0. The first-order valence-corrected chi connectivity index (χ1v) is 7.62. The number of anilines is 1. The predicted octanol–water partition coefficient (Wildman–Crippen LogP) is 2.16. The number of ether oxygens (including phenoxy) is 1. The molecule has 1 aromatic rings. The van der Waals surface area contributed by atoms with Gasteiger partial charge in [0.2, 0.25) is 0 Å². The van der Waals surface area contributed by atoms with Gasteiger partial charge in [-0.1, -0.05) is 11.6 Å². The van der Waals surface area contributed by atoms with E-state index in [1.807, 2.05) is 13.0 Å². The van der Waals surface area contributed by atoms with Crippen molar-refractivity contribution in [2.24, 2.45) is 0 Å². The van der Waals surface area contributed by atoms with Gasteiger partial charge in [-0.2, -0.15) is 0 Å². The zero-order valence-electron chi connectivity index (χ0n) is 11.6. The summed E-state index contributed by atoms with van der Waals surface area (Å²) in [5, 5.41) is 10.3. The number of aromatic nitrogens is 2. The second-order valence-electron chi connectivity index (χ2n) is 5.52. The normalized spacial score (nSPS) is 28.9. The SMILES string of the molecule is CCOCc1nc(Cl)cc(N2C3CCC2CC(O)C3)n1. The molecule has 2 aliphatic rings. The molecule has 3 rings (SSSR count). The van der Waals surface area contributed by atoms with E-state index in [1.54, 1.807) is 0 Å². The van der Waals surface area contributed by atoms with Gasteiger partial charge in [-0.3, -0.25) is 0 Å². The Morgan fingerprint density at radius 2 is 2.05 bits per heavy atom. The highest BCUT2D eigenvalue weighted by molar-refractivity contribution is 6.29. The molecule has 0 amide bonds. The van der Waals surface area contributed by atoms with Gasteiger partial charge in [0.05, 0.1) is 6.10 Å². The number of aliphatic hydroxyl groups is 1. The van der Waals surface area contributed by atoms with Gasteiger partial charge >= 0.3 is 0 Å². The molecule has 0 radical (unpaired) electrons. The lowest BCUT2D eigenvalue weighted by atomic mass is 10.00. The second-order valence-corrected chi connectivity index (χ2v) is 5.91. The summed E-state index contributed by atoms with van der Waals surface area (Å²) in [5.74, 6) is 1.50. The maximum absolute atomic E-state index is 9.87. The molecule has 2 saturated heterocycles. The van der Waals surface area contributed by atoms with Crippen LogP contribution in [-0.2, 0) is 11.3 Å². The topological polar surface area (TPSA) is 58.5 Å². The summed E-state index contributed by atoms with van der Waals surface area (Å²) in [6.07, 6.45) is 3.69. The molecular formula is C14H20ClN3O2. The van der Waals surface area contributed by atoms with Crippen LogP contribution in [0.3, 0.4) is 0 Å². The second kappa shape index (κ2) is 5.84. The summed E-state index contributed by atoms with van der Waals surface area (Å²) in [5.41, 5.74) is 0. The zero-order chi connectivity index (χ0) is 14.1. The van der Waals surface area contributed by atoms with Crippen molar-refractivity contribution in [3.05, 3.63) is 17.0 Å². The molecule has 6 heteroatoms. The Balaban J connectivity index is 1.85. The lowest BCUT2D eigenvalue weighted by Gasteiger charge is -2.38. The first kappa shape index (κ1) is 14.0. The molecule has 2 aliphatic heterocycles. The van der Waals surface area contributed by atoms with Crippen LogP contribution in [0, 0.1) is 0 Å². The van der Waals surface area contributed by atoms with Gasteiger partial charge < -0.3 is 14.7 Å². The van der Waals surface area contributed by atoms with Crippen molar-refractivity contribution in [3.8, 4) is 0 Å². The molecule has 3 heterocycles. The Labute approximate surface area is 123 Å². The molecule has 2 unspecified atom stereocenters. The fraction of sp³-hybridized carbons (Fsp3) is 0.714. The standard InChI is InChI=1S/C14H20ClN3O2/c1-2-20-8-13-16-12(15)7-14(17-13)18-9-3-4-10(18)6-11(19)5-9/h7,9-11,19H,2-6,8H2,1H3. The number of nitrogens with zero attached hydrogens (tertiary/aromatic N) is 3. The number of halogens is 1. The average Bonchev–Trinajstić information content (AvgIpc) is 2.68. The van der Waals surface area contributed by atoms with Crippen molar-refractivity contribution in [2.45, 2.75) is 57.4 Å². The molecule has 110 valence electrons. The van der Waals surface area contributed by atoms with Crippen molar-refractivity contribution in [3.63, 3.8) is 0 Å². The van der Waals surface area contributed by atoms with Gasteiger partial charge in [0.15, 0.2) is 5.82 Å². The third-order valence-electron chi connectivity index (χ3n) is 4.14. The van der Waals surface area contributed by atoms with Gasteiger partial charge in [-0.05, 0) is 32.6 Å². The van der Waals surface area contributed by atoms with Gasteiger partial charge in [0.1, 0.15) is 17.6 Å². The number of piperidine rings is 1. The van der Waals surface area contributed by atoms with Gasteiger partial charge in [-0.25, -0.2) is 9.97 Å². The molecule has 0 aliphatic carbocycles. The Hall–Kier alpha value is -0.910. The fourth-order valence-electron chi connectivity index (χ4n) is 3.36. The largest absolute Gasteiger partial charge is 0.393 e. The lowest BCUT2D eigenvalue weighted by molar-refractivity contribution is 0.124. The molecule has 0 spiro atoms. The maximum atomic E-state index is 9.87. The first-order valence-electron chi connectivity index (χ1n) is 7.25. The molecule has 2 fully saturated rings. The van der Waals surface area contributed by atoms with E-state index >= 15 is 0 Å². The van der Waals surface area contributed by atoms with E-state index in [2.05, 4.69) is 14.9 Å². The third-order valence-corrected chi connectivity index (χ3v) is 4.33. The van der Waals surface area contributed by atoms with Crippen LogP contribution in [0.15, 0.2) is 6.07 Å². The van der Waals surface area contributed by atoms with E-state index in [-0.39, 0.29) is 6.10 Å². The minimum absolute atomic E-state index is 0.177. The fourth-order valence-corrected chi connectivity index (χ4v) is 3.56. The van der Waals surface area contributed by atoms with Crippen molar-refractivity contribution in [1.82, 2.24) is 9.97 Å². The predicted molar refractivity (Wildman–Crippen MR) is 76.9 cm³/mol. The maximum Gasteiger partial charge on any atom is 0.158 e. The molecule has 2 atom stereocenters. The van der Waals surface area contributed by atoms with E-state index < -0.39 is 0 Å². The highest BCUT2D eigenvalue weighted by Gasteiger charge is 2.41. The van der Waals surface area contributed by atoms with Crippen molar-refractivity contribution >= 4 is 17.4 Å². The summed E-state index contributed by atoms with van der Waals surface area (Å²) >= 11 is 6.11. The van der Waals surface area contributed by atoms with Crippen molar-refractivity contribution in [1.29, 1.82) is 0 Å². The number of fused-ring (bicyclic) bond motifs is 2. The third kappa shape index (κ3) is 2.75. The van der Waals surface area contributed by atoms with Crippen LogP contribution >= 0.6 is 11.6 Å². The number of rotatable bonds is 4. The highest BCUT2D eigenvalue weighted by atomic mass is 35.5. The number of hydrogen-bond acceptors (Lipinski definition) is 5. The summed E-state index contributed by atoms with van der Waals surface area (Å²) in [6, 6.07) is 2.56. The van der Waals surface area contributed by atoms with E-state index in [9.17, 15) is 5.11 Å². The zero-order valence-corrected chi connectivity index (χ0v) is 12.4. The van der Waals surface area contributed by atoms with Crippen molar-refractivity contribution in [2.75, 3.05) is 11.5 Å². The smallest absolute Gasteiger partial charge is 0.158 e. The molecule has 0 aromatic carbocycles. The van der Waals surface area contributed by atoms with E-state index in [0.717, 1.165) is 31.5 Å². The molecule has 5 nitrogen and oxygen atoms in total. The van der Waals surface area contributed by atoms with Crippen LogP contribution in [0.4, 0.5) is 5.82 Å². The Kier molecular flexibility index (Phi) is 4.10. The highest BCUT2D eigenvalue weighted by Crippen LogP contribution is 2.38. The van der Waals surface area contributed by atoms with Crippen LogP contribution in [0.2, 0.25) is 5.15 Å². The minimum atomic E-state index is -0.177. The molecule has 2 bridgehead atoms. The molecule has 0 saturated carbocycles. The Morgan fingerprint density at radius 1 is 1.35 bits per heavy atom. The lowest BCUT2D eigenvalue weighted by Crippen LogP contribution is -2.45. The summed E-state index contributed by atoms with van der Waals surface area (Å²) in [6.45, 7) is 2.96. The van der Waals surface area contributed by atoms with Crippen LogP contribution < -0.4 is 4.90 Å². The van der Waals surface area contributed by atoms with Gasteiger partial charge in [-0.15, -0.1) is 0 Å². The Morgan fingerprint density at radius 3 is 2.70 bits per heavy atom. The molecule has 1 aromatic heterocycles. The van der Waals surface area contributed by atoms with E-state index in [0.29, 0.717) is 36.3 Å². The molecule has 1 N–H and O–H groups in total. The van der Waals surface area contributed by atoms with Crippen LogP contribution in [-0.4, -0.2) is 39.9 Å². The quantitative estimate of drug-likeness (QED) is 0.863. The molecule has 20 heavy (non-hydrogen) atoms. The number of aliphatic hydroxyl groups excluding tert-OH is 1. The van der Waals surface area contributed by atoms with Crippen molar-refractivity contribution < 1.29 is 9.84 Å². The monoisotopic (exact) mass is 297 g/mol. The number of hydrogen-bond donors (Lipinski definition) is 1. The van der Waals surface area contributed by atoms with E-state index in [1.165, 1.54) is 0 Å². The van der Waals surface area contributed by atoms with Crippen LogP contribution in [0.25, 0.3) is 0 Å². The molecular weight excluding hydrogens is 278 g/mol. The average molecular weight is 298 g/mol. The van der Waals surface area contributed by atoms with Gasteiger partial charge in [0, 0.05) is 24.8 Å². The summed E-state index contributed by atoms with van der Waals surface area (Å²) < 4.78 is 5.36.